The van der Waals surface area contributed by atoms with Gasteiger partial charge in [0.05, 0.1) is 19.1 Å². The van der Waals surface area contributed by atoms with E-state index in [9.17, 15) is 38.7 Å². The van der Waals surface area contributed by atoms with Gasteiger partial charge in [-0.25, -0.2) is 13.9 Å². The highest BCUT2D eigenvalue weighted by Crippen LogP contribution is 2.61. The van der Waals surface area contributed by atoms with Crippen molar-refractivity contribution in [1.82, 2.24) is 9.55 Å². The van der Waals surface area contributed by atoms with Crippen LogP contribution in [0.1, 0.15) is 25.6 Å². The summed E-state index contributed by atoms with van der Waals surface area (Å²) in [5.74, 6) is -0.475. The molecule has 2 aromatic carbocycles. The molecule has 0 bridgehead atoms. The molecule has 41 heavy (non-hydrogen) atoms. The predicted molar refractivity (Wildman–Crippen MR) is 144 cm³/mol. The van der Waals surface area contributed by atoms with Crippen LogP contribution in [0, 0.1) is 0 Å². The number of phosphoric ester groups is 2. The van der Waals surface area contributed by atoms with Gasteiger partial charge in [-0.1, -0.05) is 42.5 Å². The van der Waals surface area contributed by atoms with Crippen LogP contribution in [0.5, 0.6) is 0 Å². The van der Waals surface area contributed by atoms with E-state index in [1.807, 2.05) is 42.5 Å². The molecule has 6 unspecified atom stereocenters. The highest BCUT2D eigenvalue weighted by Gasteiger charge is 2.46. The molecule has 0 aliphatic carbocycles. The average Bonchev–Trinajstić information content (AvgIpc) is 3.15. The minimum absolute atomic E-state index is 0.0260. The number of aliphatic hydroxyl groups excluding tert-OH is 2. The number of anilines is 1. The first-order valence-corrected chi connectivity index (χ1v) is 15.3. The lowest BCUT2D eigenvalue weighted by Gasteiger charge is -2.20. The molecule has 222 valence electrons. The molecule has 1 aliphatic rings. The molecule has 1 aromatic heterocycles. The zero-order chi connectivity index (χ0) is 29.9. The standard InChI is InChI=1S/C24H29N3O12P2/c1-14(2)38-41(34,35)39-40(32,33)36-13-18-21(29)22(30)23(37-18)27-11-10-19(26-24(27)31)25-20(28)12-16-8-5-7-15-6-3-4-9-17(15)16/h3-11,14,18,21-23,29-30H,12-13H2,1-2H3,(H,32,33)(H,34,35)(H,25,26,28,31). The molecule has 0 saturated carbocycles. The van der Waals surface area contributed by atoms with Crippen LogP contribution in [0.25, 0.3) is 10.8 Å². The second-order valence-electron chi connectivity index (χ2n) is 9.38. The molecular formula is C24H29N3O12P2. The first-order chi connectivity index (χ1) is 19.2. The molecule has 2 heterocycles. The number of amides is 1. The lowest BCUT2D eigenvalue weighted by atomic mass is 10.0. The highest BCUT2D eigenvalue weighted by atomic mass is 31.3. The zero-order valence-electron chi connectivity index (χ0n) is 21.8. The fourth-order valence-electron chi connectivity index (χ4n) is 4.19. The molecule has 6 atom stereocenters. The molecule has 1 amide bonds. The molecule has 0 radical (unpaired) electrons. The van der Waals surface area contributed by atoms with E-state index in [4.69, 9.17) is 4.74 Å². The quantitative estimate of drug-likeness (QED) is 0.195. The molecule has 5 N–H and O–H groups in total. The zero-order valence-corrected chi connectivity index (χ0v) is 23.6. The minimum atomic E-state index is -5.16. The van der Waals surface area contributed by atoms with E-state index in [-0.39, 0.29) is 12.2 Å². The number of nitrogens with zero attached hydrogens (tertiary/aromatic N) is 2. The van der Waals surface area contributed by atoms with Crippen LogP contribution < -0.4 is 11.0 Å². The van der Waals surface area contributed by atoms with Crippen LogP contribution in [0.3, 0.4) is 0 Å². The first kappa shape index (κ1) is 31.1. The summed E-state index contributed by atoms with van der Waals surface area (Å²) in [4.78, 5) is 48.4. The summed E-state index contributed by atoms with van der Waals surface area (Å²) in [7, 11) is -10.1. The van der Waals surface area contributed by atoms with Crippen molar-refractivity contribution in [2.45, 2.75) is 50.9 Å². The number of hydrogen-bond donors (Lipinski definition) is 5. The Labute approximate surface area is 233 Å². The smallest absolute Gasteiger partial charge is 0.387 e. The van der Waals surface area contributed by atoms with E-state index >= 15 is 0 Å². The molecule has 1 fully saturated rings. The van der Waals surface area contributed by atoms with Crippen LogP contribution in [-0.2, 0) is 38.4 Å². The number of aliphatic hydroxyl groups is 2. The van der Waals surface area contributed by atoms with Crippen molar-refractivity contribution >= 4 is 38.1 Å². The summed E-state index contributed by atoms with van der Waals surface area (Å²) in [5, 5.41) is 25.2. The normalized spacial score (nSPS) is 23.8. The number of rotatable bonds is 11. The number of nitrogens with one attached hydrogen (secondary N) is 1. The van der Waals surface area contributed by atoms with Crippen LogP contribution in [0.15, 0.2) is 59.5 Å². The van der Waals surface area contributed by atoms with E-state index < -0.39 is 64.5 Å². The molecular weight excluding hydrogens is 584 g/mol. The van der Waals surface area contributed by atoms with Crippen molar-refractivity contribution in [3.63, 3.8) is 0 Å². The molecule has 15 nitrogen and oxygen atoms in total. The number of carbonyl (C=O) groups is 1. The van der Waals surface area contributed by atoms with Gasteiger partial charge in [0.15, 0.2) is 6.23 Å². The Morgan fingerprint density at radius 2 is 1.78 bits per heavy atom. The van der Waals surface area contributed by atoms with Crippen molar-refractivity contribution in [2.75, 3.05) is 11.9 Å². The summed E-state index contributed by atoms with van der Waals surface area (Å²) in [6, 6.07) is 14.5. The van der Waals surface area contributed by atoms with Crippen LogP contribution in [0.2, 0.25) is 0 Å². The highest BCUT2D eigenvalue weighted by molar-refractivity contribution is 7.61. The Bertz CT molecular complexity index is 1560. The molecule has 4 rings (SSSR count). The molecule has 17 heteroatoms. The largest absolute Gasteiger partial charge is 0.481 e. The number of ether oxygens (including phenoxy) is 1. The summed E-state index contributed by atoms with van der Waals surface area (Å²) < 4.78 is 43.5. The molecule has 0 spiro atoms. The summed E-state index contributed by atoms with van der Waals surface area (Å²) in [6.07, 6.45) is -5.92. The monoisotopic (exact) mass is 613 g/mol. The van der Waals surface area contributed by atoms with Gasteiger partial charge in [-0.2, -0.15) is 9.29 Å². The fourth-order valence-corrected chi connectivity index (χ4v) is 6.44. The van der Waals surface area contributed by atoms with E-state index in [2.05, 4.69) is 23.7 Å². The Morgan fingerprint density at radius 3 is 2.49 bits per heavy atom. The summed E-state index contributed by atoms with van der Waals surface area (Å²) in [6.45, 7) is 1.92. The van der Waals surface area contributed by atoms with E-state index in [1.54, 1.807) is 0 Å². The van der Waals surface area contributed by atoms with Gasteiger partial charge in [0.25, 0.3) is 0 Å². The molecule has 1 saturated heterocycles. The van der Waals surface area contributed by atoms with Gasteiger partial charge in [-0.3, -0.25) is 18.4 Å². The Hall–Kier alpha value is -2.81. The van der Waals surface area contributed by atoms with Gasteiger partial charge in [0, 0.05) is 6.20 Å². The number of hydrogen-bond acceptors (Lipinski definition) is 11. The van der Waals surface area contributed by atoms with Crippen molar-refractivity contribution < 1.29 is 52.0 Å². The first-order valence-electron chi connectivity index (χ1n) is 12.3. The second-order valence-corrected chi connectivity index (χ2v) is 12.4. The van der Waals surface area contributed by atoms with Crippen molar-refractivity contribution in [3.05, 3.63) is 70.8 Å². The van der Waals surface area contributed by atoms with Gasteiger partial charge < -0.3 is 30.1 Å². The minimum Gasteiger partial charge on any atom is -0.387 e. The van der Waals surface area contributed by atoms with Crippen LogP contribution >= 0.6 is 15.6 Å². The predicted octanol–water partition coefficient (Wildman–Crippen LogP) is 1.86. The maximum Gasteiger partial charge on any atom is 0.481 e. The van der Waals surface area contributed by atoms with E-state index in [0.29, 0.717) is 0 Å². The number of carbonyl (C=O) groups excluding carboxylic acids is 1. The van der Waals surface area contributed by atoms with E-state index in [0.717, 1.165) is 20.9 Å². The second kappa shape index (κ2) is 12.6. The molecule has 1 aliphatic heterocycles. The Balaban J connectivity index is 1.38. The van der Waals surface area contributed by atoms with Crippen LogP contribution in [0.4, 0.5) is 5.82 Å². The third kappa shape index (κ3) is 7.93. The summed E-state index contributed by atoms with van der Waals surface area (Å²) in [5.41, 5.74) is -0.153. The lowest BCUT2D eigenvalue weighted by Crippen LogP contribution is -2.36. The van der Waals surface area contributed by atoms with Gasteiger partial charge in [-0.05, 0) is 36.2 Å². The Kier molecular flexibility index (Phi) is 9.56. The molecule has 3 aromatic rings. The number of phosphoric acid groups is 2. The van der Waals surface area contributed by atoms with Crippen molar-refractivity contribution in [1.29, 1.82) is 0 Å². The van der Waals surface area contributed by atoms with E-state index in [1.165, 1.54) is 26.1 Å². The maximum atomic E-state index is 12.7. The number of fused-ring (bicyclic) bond motifs is 1. The van der Waals surface area contributed by atoms with Gasteiger partial charge >= 0.3 is 21.3 Å². The third-order valence-corrected chi connectivity index (χ3v) is 8.71. The van der Waals surface area contributed by atoms with Crippen LogP contribution in [-0.4, -0.2) is 66.5 Å². The number of benzene rings is 2. The topological polar surface area (TPSA) is 216 Å². The van der Waals surface area contributed by atoms with Crippen molar-refractivity contribution in [2.24, 2.45) is 0 Å². The number of aromatic nitrogens is 2. The van der Waals surface area contributed by atoms with Gasteiger partial charge in [0.2, 0.25) is 5.91 Å². The maximum absolute atomic E-state index is 12.7. The van der Waals surface area contributed by atoms with Crippen molar-refractivity contribution in [3.8, 4) is 0 Å². The van der Waals surface area contributed by atoms with Gasteiger partial charge in [0.1, 0.15) is 24.1 Å². The Morgan fingerprint density at radius 1 is 1.07 bits per heavy atom. The SMILES string of the molecule is CC(C)OP(=O)(O)OP(=O)(O)OCC1OC(n2ccc(NC(=O)Cc3cccc4ccccc34)nc2=O)C(O)C1O. The summed E-state index contributed by atoms with van der Waals surface area (Å²) >= 11 is 0. The lowest BCUT2D eigenvalue weighted by molar-refractivity contribution is -0.115. The third-order valence-electron chi connectivity index (χ3n) is 5.89. The van der Waals surface area contributed by atoms with Gasteiger partial charge in [-0.15, -0.1) is 0 Å². The fraction of sp³-hybridized carbons (Fsp3) is 0.375. The average molecular weight is 613 g/mol.